The lowest BCUT2D eigenvalue weighted by molar-refractivity contribution is -0.702. The summed E-state index contributed by atoms with van der Waals surface area (Å²) in [5.74, 6) is 0.957. The van der Waals surface area contributed by atoms with Gasteiger partial charge in [0.1, 0.15) is 18.3 Å². The molecular weight excluding hydrogens is 190 g/mol. The van der Waals surface area contributed by atoms with Gasteiger partial charge in [-0.05, 0) is 19.1 Å². The highest BCUT2D eigenvalue weighted by Crippen LogP contribution is 2.15. The number of nitrogens with two attached hydrogens (primary N) is 1. The molecule has 1 aromatic rings. The molecule has 2 N–H and O–H groups in total. The molecular formula is C12H20NO2+. The molecule has 0 spiro atoms. The van der Waals surface area contributed by atoms with E-state index in [-0.39, 0.29) is 0 Å². The Labute approximate surface area is 91.4 Å². The summed E-state index contributed by atoms with van der Waals surface area (Å²) in [4.78, 5) is 0. The van der Waals surface area contributed by atoms with Gasteiger partial charge in [-0.2, -0.15) is 0 Å². The van der Waals surface area contributed by atoms with Crippen molar-refractivity contribution in [3.8, 4) is 5.75 Å². The van der Waals surface area contributed by atoms with Crippen molar-refractivity contribution in [3.05, 3.63) is 29.8 Å². The van der Waals surface area contributed by atoms with Gasteiger partial charge >= 0.3 is 0 Å². The molecule has 3 heteroatoms. The second-order valence-corrected chi connectivity index (χ2v) is 3.68. The Bertz CT molecular complexity index is 289. The predicted octanol–water partition coefficient (Wildman–Crippen LogP) is 0.794. The number of rotatable bonds is 6. The maximum Gasteiger partial charge on any atom is 0.127 e. The molecule has 0 fully saturated rings. The van der Waals surface area contributed by atoms with Gasteiger partial charge in [0.2, 0.25) is 0 Å². The van der Waals surface area contributed by atoms with Gasteiger partial charge in [0.25, 0.3) is 0 Å². The molecule has 1 rings (SSSR count). The predicted molar refractivity (Wildman–Crippen MR) is 60.0 cm³/mol. The van der Waals surface area contributed by atoms with E-state index >= 15 is 0 Å². The number of para-hydroxylation sites is 1. The van der Waals surface area contributed by atoms with E-state index in [0.29, 0.717) is 6.04 Å². The monoisotopic (exact) mass is 210 g/mol. The van der Waals surface area contributed by atoms with E-state index < -0.39 is 0 Å². The summed E-state index contributed by atoms with van der Waals surface area (Å²) < 4.78 is 10.4. The Morgan fingerprint density at radius 3 is 2.67 bits per heavy atom. The molecule has 0 aliphatic carbocycles. The third-order valence-electron chi connectivity index (χ3n) is 2.36. The quantitative estimate of drug-likeness (QED) is 0.753. The second-order valence-electron chi connectivity index (χ2n) is 3.68. The molecule has 0 aromatic heterocycles. The highest BCUT2D eigenvalue weighted by atomic mass is 16.5. The molecule has 0 heterocycles. The van der Waals surface area contributed by atoms with Crippen LogP contribution in [0, 0.1) is 0 Å². The highest BCUT2D eigenvalue weighted by Gasteiger charge is 2.07. The fraction of sp³-hybridized carbons (Fsp3) is 0.500. The molecule has 15 heavy (non-hydrogen) atoms. The first-order chi connectivity index (χ1) is 7.27. The topological polar surface area (TPSA) is 35.1 Å². The zero-order chi connectivity index (χ0) is 11.1. The summed E-state index contributed by atoms with van der Waals surface area (Å²) in [5, 5.41) is 2.25. The van der Waals surface area contributed by atoms with Crippen LogP contribution in [0.2, 0.25) is 0 Å². The van der Waals surface area contributed by atoms with Crippen molar-refractivity contribution in [2.75, 3.05) is 20.8 Å². The van der Waals surface area contributed by atoms with Gasteiger partial charge in [0.05, 0.1) is 13.7 Å². The Morgan fingerprint density at radius 2 is 2.00 bits per heavy atom. The molecule has 0 unspecified atom stereocenters. The van der Waals surface area contributed by atoms with E-state index in [1.54, 1.807) is 14.2 Å². The van der Waals surface area contributed by atoms with Crippen molar-refractivity contribution >= 4 is 0 Å². The van der Waals surface area contributed by atoms with Crippen LogP contribution in [0.4, 0.5) is 0 Å². The van der Waals surface area contributed by atoms with Gasteiger partial charge in [-0.1, -0.05) is 12.1 Å². The molecule has 1 aromatic carbocycles. The zero-order valence-corrected chi connectivity index (χ0v) is 9.69. The molecule has 3 nitrogen and oxygen atoms in total. The lowest BCUT2D eigenvalue weighted by Gasteiger charge is -2.11. The molecule has 0 amide bonds. The Kier molecular flexibility index (Phi) is 5.15. The van der Waals surface area contributed by atoms with Crippen LogP contribution in [0.3, 0.4) is 0 Å². The molecule has 84 valence electrons. The fourth-order valence-electron chi connectivity index (χ4n) is 1.53. The van der Waals surface area contributed by atoms with Crippen LogP contribution in [0.15, 0.2) is 24.3 Å². The summed E-state index contributed by atoms with van der Waals surface area (Å²) >= 11 is 0. The van der Waals surface area contributed by atoms with E-state index in [1.165, 1.54) is 5.56 Å². The van der Waals surface area contributed by atoms with Gasteiger partial charge in [0, 0.05) is 12.7 Å². The maximum atomic E-state index is 5.29. The number of benzene rings is 1. The third kappa shape index (κ3) is 3.90. The molecule has 1 atom stereocenters. The highest BCUT2D eigenvalue weighted by molar-refractivity contribution is 5.32. The van der Waals surface area contributed by atoms with Crippen molar-refractivity contribution in [2.24, 2.45) is 0 Å². The lowest BCUT2D eigenvalue weighted by Crippen LogP contribution is -2.88. The fourth-order valence-corrected chi connectivity index (χ4v) is 1.53. The first-order valence-corrected chi connectivity index (χ1v) is 5.22. The van der Waals surface area contributed by atoms with Crippen molar-refractivity contribution in [1.82, 2.24) is 0 Å². The Morgan fingerprint density at radius 1 is 1.27 bits per heavy atom. The van der Waals surface area contributed by atoms with E-state index in [9.17, 15) is 0 Å². The number of quaternary nitrogens is 1. The van der Waals surface area contributed by atoms with Crippen molar-refractivity contribution in [2.45, 2.75) is 19.5 Å². The zero-order valence-electron chi connectivity index (χ0n) is 9.69. The average molecular weight is 210 g/mol. The lowest BCUT2D eigenvalue weighted by atomic mass is 10.2. The summed E-state index contributed by atoms with van der Waals surface area (Å²) in [6.07, 6.45) is 0. The van der Waals surface area contributed by atoms with Gasteiger partial charge in [-0.3, -0.25) is 0 Å². The summed E-state index contributed by atoms with van der Waals surface area (Å²) in [6, 6.07) is 8.58. The number of ether oxygens (including phenoxy) is 2. The minimum atomic E-state index is 0.472. The minimum Gasteiger partial charge on any atom is -0.496 e. The first-order valence-electron chi connectivity index (χ1n) is 5.22. The van der Waals surface area contributed by atoms with Crippen LogP contribution in [-0.2, 0) is 11.3 Å². The number of methoxy groups -OCH3 is 2. The average Bonchev–Trinajstić information content (AvgIpc) is 2.27. The maximum absolute atomic E-state index is 5.29. The van der Waals surface area contributed by atoms with Crippen LogP contribution in [0.25, 0.3) is 0 Å². The molecule has 0 aliphatic heterocycles. The van der Waals surface area contributed by atoms with Crippen molar-refractivity contribution < 1.29 is 14.8 Å². The van der Waals surface area contributed by atoms with Crippen LogP contribution in [-0.4, -0.2) is 26.9 Å². The van der Waals surface area contributed by atoms with Gasteiger partial charge in [0.15, 0.2) is 0 Å². The van der Waals surface area contributed by atoms with Crippen LogP contribution >= 0.6 is 0 Å². The Hall–Kier alpha value is -1.06. The van der Waals surface area contributed by atoms with E-state index in [2.05, 4.69) is 18.3 Å². The van der Waals surface area contributed by atoms with Crippen molar-refractivity contribution in [3.63, 3.8) is 0 Å². The smallest absolute Gasteiger partial charge is 0.127 e. The number of hydrogen-bond donors (Lipinski definition) is 1. The first kappa shape index (κ1) is 12.0. The molecule has 0 saturated heterocycles. The second kappa shape index (κ2) is 6.43. The summed E-state index contributed by atoms with van der Waals surface area (Å²) in [6.45, 7) is 3.85. The normalized spacial score (nSPS) is 12.5. The molecule has 0 aliphatic rings. The van der Waals surface area contributed by atoms with Crippen molar-refractivity contribution in [1.29, 1.82) is 0 Å². The van der Waals surface area contributed by atoms with Crippen LogP contribution < -0.4 is 10.1 Å². The van der Waals surface area contributed by atoms with E-state index in [1.807, 2.05) is 18.2 Å². The minimum absolute atomic E-state index is 0.472. The molecule has 0 saturated carbocycles. The molecule has 0 radical (unpaired) electrons. The standard InChI is InChI=1S/C12H19NO2/c1-10(9-14-2)13-8-11-6-4-5-7-12(11)15-3/h4-7,10,13H,8-9H2,1-3H3/p+1/t10-/m0/s1. The summed E-state index contributed by atoms with van der Waals surface area (Å²) in [7, 11) is 3.44. The van der Waals surface area contributed by atoms with Gasteiger partial charge in [-0.25, -0.2) is 0 Å². The number of hydrogen-bond acceptors (Lipinski definition) is 2. The summed E-state index contributed by atoms with van der Waals surface area (Å²) in [5.41, 5.74) is 1.22. The third-order valence-corrected chi connectivity index (χ3v) is 2.36. The SMILES string of the molecule is COC[C@H](C)[NH2+]Cc1ccccc1OC. The largest absolute Gasteiger partial charge is 0.496 e. The van der Waals surface area contributed by atoms with Gasteiger partial charge < -0.3 is 14.8 Å². The van der Waals surface area contributed by atoms with E-state index in [4.69, 9.17) is 9.47 Å². The van der Waals surface area contributed by atoms with Gasteiger partial charge in [-0.15, -0.1) is 0 Å². The van der Waals surface area contributed by atoms with Crippen LogP contribution in [0.1, 0.15) is 12.5 Å². The van der Waals surface area contributed by atoms with Crippen LogP contribution in [0.5, 0.6) is 5.75 Å². The van der Waals surface area contributed by atoms with E-state index in [0.717, 1.165) is 18.9 Å². The Balaban J connectivity index is 2.49. The molecule has 0 bridgehead atoms.